The van der Waals surface area contributed by atoms with Gasteiger partial charge in [0, 0.05) is 0 Å². The summed E-state index contributed by atoms with van der Waals surface area (Å²) in [6.45, 7) is 0. The Morgan fingerprint density at radius 1 is 1.62 bits per heavy atom. The molecule has 0 heterocycles. The fourth-order valence-electron chi connectivity index (χ4n) is 0.881. The molecule has 1 rings (SSSR count). The van der Waals surface area contributed by atoms with E-state index < -0.39 is 0 Å². The maximum Gasteiger partial charge on any atom is -0.00298 e. The van der Waals surface area contributed by atoms with Gasteiger partial charge in [0.1, 0.15) is 0 Å². The van der Waals surface area contributed by atoms with Crippen molar-refractivity contribution in [2.75, 3.05) is 0 Å². The van der Waals surface area contributed by atoms with E-state index in [1.807, 2.05) is 0 Å². The van der Waals surface area contributed by atoms with Crippen LogP contribution in [0.15, 0.2) is 23.9 Å². The van der Waals surface area contributed by atoms with Gasteiger partial charge in [-0.15, -0.1) is 0 Å². The summed E-state index contributed by atoms with van der Waals surface area (Å²) < 4.78 is 0. The molecule has 0 aromatic rings. The van der Waals surface area contributed by atoms with Crippen molar-refractivity contribution in [1.29, 1.82) is 0 Å². The van der Waals surface area contributed by atoms with Gasteiger partial charge >= 0.3 is 0 Å². The molecule has 1 nitrogen and oxygen atoms in total. The van der Waals surface area contributed by atoms with Crippen LogP contribution in [0.5, 0.6) is 0 Å². The molecule has 2 N–H and O–H groups in total. The normalized spacial score (nSPS) is 24.2. The van der Waals surface area contributed by atoms with Crippen molar-refractivity contribution in [2.24, 2.45) is 5.73 Å². The lowest BCUT2D eigenvalue weighted by Gasteiger charge is -2.03. The third-order valence-corrected chi connectivity index (χ3v) is 1.38. The summed E-state index contributed by atoms with van der Waals surface area (Å²) in [7, 11) is 0. The first-order chi connectivity index (χ1) is 3.93. The van der Waals surface area contributed by atoms with E-state index in [4.69, 9.17) is 5.73 Å². The average Bonchev–Trinajstić information content (AvgIpc) is 1.90. The Hall–Kier alpha value is -0.720. The molecular formula is C7H11N. The number of rotatable bonds is 0. The summed E-state index contributed by atoms with van der Waals surface area (Å²) in [6.07, 6.45) is 9.60. The molecule has 0 radical (unpaired) electrons. The lowest BCUT2D eigenvalue weighted by Crippen LogP contribution is -1.90. The minimum Gasteiger partial charge on any atom is -0.404 e. The topological polar surface area (TPSA) is 26.0 Å². The summed E-state index contributed by atoms with van der Waals surface area (Å²) in [5.41, 5.74) is 6.56. The van der Waals surface area contributed by atoms with Crippen LogP contribution in [0.2, 0.25) is 0 Å². The standard InChI is InChI=1S/C7H11N/c8-6-7-4-2-1-3-5-7/h2,4,6H,1,3,5,8H2/b7-6-. The fourth-order valence-corrected chi connectivity index (χ4v) is 0.881. The lowest BCUT2D eigenvalue weighted by molar-refractivity contribution is 0.819. The van der Waals surface area contributed by atoms with Crippen LogP contribution in [0.3, 0.4) is 0 Å². The van der Waals surface area contributed by atoms with Crippen LogP contribution in [0.1, 0.15) is 19.3 Å². The Kier molecular flexibility index (Phi) is 1.73. The highest BCUT2D eigenvalue weighted by atomic mass is 14.5. The minimum absolute atomic E-state index is 1.16. The van der Waals surface area contributed by atoms with Gasteiger partial charge < -0.3 is 5.73 Å². The zero-order valence-electron chi connectivity index (χ0n) is 4.93. The van der Waals surface area contributed by atoms with Gasteiger partial charge in [-0.25, -0.2) is 0 Å². The van der Waals surface area contributed by atoms with Crippen molar-refractivity contribution in [2.45, 2.75) is 19.3 Å². The van der Waals surface area contributed by atoms with Crippen molar-refractivity contribution in [1.82, 2.24) is 0 Å². The van der Waals surface area contributed by atoms with Gasteiger partial charge in [0.25, 0.3) is 0 Å². The maximum absolute atomic E-state index is 5.29. The molecule has 0 aliphatic heterocycles. The third kappa shape index (κ3) is 1.12. The third-order valence-electron chi connectivity index (χ3n) is 1.38. The van der Waals surface area contributed by atoms with Crippen LogP contribution in [-0.4, -0.2) is 0 Å². The quantitative estimate of drug-likeness (QED) is 0.502. The first-order valence-electron chi connectivity index (χ1n) is 3.01. The lowest BCUT2D eigenvalue weighted by atomic mass is 10.0. The molecule has 1 aliphatic rings. The number of hydrogen-bond acceptors (Lipinski definition) is 1. The van der Waals surface area contributed by atoms with E-state index in [0.717, 1.165) is 6.42 Å². The highest BCUT2D eigenvalue weighted by Crippen LogP contribution is 2.13. The van der Waals surface area contributed by atoms with Gasteiger partial charge in [0.05, 0.1) is 0 Å². The minimum atomic E-state index is 1.16. The van der Waals surface area contributed by atoms with Crippen molar-refractivity contribution < 1.29 is 0 Å². The van der Waals surface area contributed by atoms with Crippen LogP contribution >= 0.6 is 0 Å². The van der Waals surface area contributed by atoms with Crippen LogP contribution in [0.25, 0.3) is 0 Å². The average molecular weight is 109 g/mol. The summed E-state index contributed by atoms with van der Waals surface area (Å²) in [5.74, 6) is 0. The van der Waals surface area contributed by atoms with Gasteiger partial charge in [0.2, 0.25) is 0 Å². The molecule has 0 saturated heterocycles. The van der Waals surface area contributed by atoms with Crippen molar-refractivity contribution in [3.8, 4) is 0 Å². The van der Waals surface area contributed by atoms with E-state index in [0.29, 0.717) is 0 Å². The molecule has 0 bridgehead atoms. The van der Waals surface area contributed by atoms with E-state index in [1.165, 1.54) is 18.4 Å². The van der Waals surface area contributed by atoms with Gasteiger partial charge in [0.15, 0.2) is 0 Å². The zero-order chi connectivity index (χ0) is 5.82. The molecule has 1 aliphatic carbocycles. The number of hydrogen-bond donors (Lipinski definition) is 1. The van der Waals surface area contributed by atoms with Crippen LogP contribution in [0, 0.1) is 0 Å². The molecule has 0 saturated carbocycles. The second-order valence-electron chi connectivity index (χ2n) is 2.04. The number of nitrogens with two attached hydrogens (primary N) is 1. The number of allylic oxidation sites excluding steroid dienone is 3. The predicted molar refractivity (Wildman–Crippen MR) is 35.3 cm³/mol. The van der Waals surface area contributed by atoms with Crippen LogP contribution < -0.4 is 5.73 Å². The van der Waals surface area contributed by atoms with Gasteiger partial charge in [-0.05, 0) is 31.0 Å². The van der Waals surface area contributed by atoms with Crippen LogP contribution in [-0.2, 0) is 0 Å². The fraction of sp³-hybridized carbons (Fsp3) is 0.429. The van der Waals surface area contributed by atoms with Crippen molar-refractivity contribution >= 4 is 0 Å². The Morgan fingerprint density at radius 2 is 2.50 bits per heavy atom. The molecule has 8 heavy (non-hydrogen) atoms. The van der Waals surface area contributed by atoms with Crippen molar-refractivity contribution in [3.05, 3.63) is 23.9 Å². The molecule has 0 fully saturated rings. The first kappa shape index (κ1) is 5.42. The summed E-state index contributed by atoms with van der Waals surface area (Å²) >= 11 is 0. The van der Waals surface area contributed by atoms with Crippen LogP contribution in [0.4, 0.5) is 0 Å². The summed E-state index contributed by atoms with van der Waals surface area (Å²) in [6, 6.07) is 0. The summed E-state index contributed by atoms with van der Waals surface area (Å²) in [5, 5.41) is 0. The van der Waals surface area contributed by atoms with Gasteiger partial charge in [-0.2, -0.15) is 0 Å². The molecular weight excluding hydrogens is 98.1 g/mol. The second-order valence-corrected chi connectivity index (χ2v) is 2.04. The molecule has 0 aromatic carbocycles. The molecule has 0 atom stereocenters. The van der Waals surface area contributed by atoms with Gasteiger partial charge in [-0.1, -0.05) is 12.2 Å². The van der Waals surface area contributed by atoms with E-state index in [-0.39, 0.29) is 0 Å². The monoisotopic (exact) mass is 109 g/mol. The zero-order valence-corrected chi connectivity index (χ0v) is 4.93. The molecule has 0 unspecified atom stereocenters. The Balaban J connectivity index is 2.56. The Bertz CT molecular complexity index is 122. The molecule has 0 amide bonds. The smallest absolute Gasteiger partial charge is 0.00298 e. The van der Waals surface area contributed by atoms with E-state index >= 15 is 0 Å². The molecule has 1 heteroatoms. The van der Waals surface area contributed by atoms with Crippen molar-refractivity contribution in [3.63, 3.8) is 0 Å². The molecule has 0 aromatic heterocycles. The second kappa shape index (κ2) is 2.55. The van der Waals surface area contributed by atoms with E-state index in [2.05, 4.69) is 12.2 Å². The van der Waals surface area contributed by atoms with E-state index in [1.54, 1.807) is 6.20 Å². The Labute approximate surface area is 49.9 Å². The Morgan fingerprint density at radius 3 is 2.88 bits per heavy atom. The SMILES string of the molecule is N/C=C1/C=CCCC1. The molecule has 44 valence electrons. The highest BCUT2D eigenvalue weighted by molar-refractivity contribution is 5.19. The first-order valence-corrected chi connectivity index (χ1v) is 3.01. The largest absolute Gasteiger partial charge is 0.404 e. The predicted octanol–water partition coefficient (Wildman–Crippen LogP) is 1.57. The van der Waals surface area contributed by atoms with E-state index in [9.17, 15) is 0 Å². The maximum atomic E-state index is 5.29. The summed E-state index contributed by atoms with van der Waals surface area (Å²) in [4.78, 5) is 0. The van der Waals surface area contributed by atoms with Gasteiger partial charge in [-0.3, -0.25) is 0 Å². The molecule has 0 spiro atoms. The highest BCUT2D eigenvalue weighted by Gasteiger charge is 1.95.